The van der Waals surface area contributed by atoms with E-state index in [-0.39, 0.29) is 25.6 Å². The van der Waals surface area contributed by atoms with Gasteiger partial charge >= 0.3 is 6.09 Å². The Hall–Kier alpha value is -1.26. The third kappa shape index (κ3) is 22.4. The fourth-order valence-corrected chi connectivity index (χ4v) is 0.459. The number of nitrogens with one attached hydrogen (secondary N) is 1. The molecule has 0 aromatic rings. The molecule has 0 aromatic heterocycles. The van der Waals surface area contributed by atoms with Crippen LogP contribution in [0.2, 0.25) is 0 Å². The summed E-state index contributed by atoms with van der Waals surface area (Å²) in [4.78, 5) is 19.1. The minimum absolute atomic E-state index is 0. The van der Waals surface area contributed by atoms with Crippen molar-refractivity contribution in [2.24, 2.45) is 0 Å². The molecule has 0 fully saturated rings. The summed E-state index contributed by atoms with van der Waals surface area (Å²) in [7, 11) is 0. The summed E-state index contributed by atoms with van der Waals surface area (Å²) in [6.45, 7) is 7.71. The zero-order valence-electron chi connectivity index (χ0n) is 8.46. The highest BCUT2D eigenvalue weighted by Crippen LogP contribution is 2.05. The van der Waals surface area contributed by atoms with Gasteiger partial charge in [0.05, 0.1) is 0 Å². The van der Waals surface area contributed by atoms with Crippen LogP contribution in [0.15, 0.2) is 0 Å². The Morgan fingerprint density at radius 1 is 1.50 bits per heavy atom. The first-order valence-corrected chi connectivity index (χ1v) is 3.92. The third-order valence-electron chi connectivity index (χ3n) is 0.720. The van der Waals surface area contributed by atoms with Crippen molar-refractivity contribution in [2.45, 2.75) is 40.7 Å². The number of carboxylic acid groups (broad SMARTS) is 1. The monoisotopic (exact) mass is 207 g/mol. The van der Waals surface area contributed by atoms with Gasteiger partial charge in [0.1, 0.15) is 5.60 Å². The lowest BCUT2D eigenvalue weighted by atomic mass is 10.2. The van der Waals surface area contributed by atoms with E-state index in [1.165, 1.54) is 0 Å². The van der Waals surface area contributed by atoms with Crippen molar-refractivity contribution in [1.29, 1.82) is 0 Å². The van der Waals surface area contributed by atoms with Crippen LogP contribution in [0, 0.1) is 0 Å². The second kappa shape index (κ2) is 9.83. The molecular formula is C9H21NO4. The quantitative estimate of drug-likeness (QED) is 0.643. The van der Waals surface area contributed by atoms with Gasteiger partial charge < -0.3 is 15.2 Å². The Morgan fingerprint density at radius 2 is 1.86 bits per heavy atom. The Morgan fingerprint density at radius 3 is 2.07 bits per heavy atom. The van der Waals surface area contributed by atoms with Crippen LogP contribution >= 0.6 is 0 Å². The molecule has 0 bridgehead atoms. The van der Waals surface area contributed by atoms with Gasteiger partial charge in [0, 0.05) is 6.54 Å². The molecule has 5 heteroatoms. The van der Waals surface area contributed by atoms with Crippen molar-refractivity contribution in [3.8, 4) is 0 Å². The van der Waals surface area contributed by atoms with Crippen molar-refractivity contribution >= 4 is 12.6 Å². The Balaban J connectivity index is -0.000000267. The maximum atomic E-state index is 10.7. The molecule has 0 radical (unpaired) electrons. The van der Waals surface area contributed by atoms with Gasteiger partial charge in [-0.15, -0.1) is 0 Å². The molecule has 0 aromatic carbocycles. The maximum Gasteiger partial charge on any atom is 0.407 e. The SMILES string of the molecule is C.CCNC(=O)OC(C)(C)C.O=CO. The summed E-state index contributed by atoms with van der Waals surface area (Å²) >= 11 is 0. The number of carbonyl (C=O) groups is 2. The molecule has 1 amide bonds. The molecule has 5 nitrogen and oxygen atoms in total. The minimum atomic E-state index is -0.390. The summed E-state index contributed by atoms with van der Waals surface area (Å²) < 4.78 is 4.93. The topological polar surface area (TPSA) is 75.6 Å². The normalized spacial score (nSPS) is 8.57. The average molecular weight is 207 g/mol. The zero-order chi connectivity index (χ0) is 10.9. The lowest BCUT2D eigenvalue weighted by Gasteiger charge is -2.19. The van der Waals surface area contributed by atoms with E-state index < -0.39 is 0 Å². The highest BCUT2D eigenvalue weighted by molar-refractivity contribution is 5.67. The second-order valence-electron chi connectivity index (χ2n) is 3.14. The first-order chi connectivity index (χ1) is 5.87. The van der Waals surface area contributed by atoms with Crippen LogP contribution in [-0.4, -0.2) is 29.8 Å². The van der Waals surface area contributed by atoms with Crippen LogP contribution in [0.5, 0.6) is 0 Å². The van der Waals surface area contributed by atoms with Crippen LogP contribution < -0.4 is 5.32 Å². The van der Waals surface area contributed by atoms with E-state index in [0.29, 0.717) is 6.54 Å². The number of alkyl carbamates (subject to hydrolysis) is 1. The van der Waals surface area contributed by atoms with Gasteiger partial charge in [-0.3, -0.25) is 4.79 Å². The van der Waals surface area contributed by atoms with Crippen LogP contribution in [0.25, 0.3) is 0 Å². The molecule has 0 spiro atoms. The lowest BCUT2D eigenvalue weighted by molar-refractivity contribution is -0.122. The van der Waals surface area contributed by atoms with Gasteiger partial charge in [-0.2, -0.15) is 0 Å². The van der Waals surface area contributed by atoms with Crippen LogP contribution in [0.4, 0.5) is 4.79 Å². The second-order valence-corrected chi connectivity index (χ2v) is 3.14. The summed E-state index contributed by atoms with van der Waals surface area (Å²) in [5.41, 5.74) is -0.390. The smallest absolute Gasteiger partial charge is 0.407 e. The van der Waals surface area contributed by atoms with Gasteiger partial charge in [0.15, 0.2) is 0 Å². The van der Waals surface area contributed by atoms with Gasteiger partial charge in [-0.25, -0.2) is 4.79 Å². The number of ether oxygens (including phenoxy) is 1. The van der Waals surface area contributed by atoms with E-state index in [4.69, 9.17) is 14.6 Å². The van der Waals surface area contributed by atoms with Gasteiger partial charge in [0.25, 0.3) is 6.47 Å². The van der Waals surface area contributed by atoms with E-state index >= 15 is 0 Å². The third-order valence-corrected chi connectivity index (χ3v) is 0.720. The maximum absolute atomic E-state index is 10.7. The molecule has 2 N–H and O–H groups in total. The van der Waals surface area contributed by atoms with Gasteiger partial charge in [-0.05, 0) is 27.7 Å². The summed E-state index contributed by atoms with van der Waals surface area (Å²) in [5.74, 6) is 0. The Bertz CT molecular complexity index is 151. The van der Waals surface area contributed by atoms with Crippen molar-refractivity contribution in [1.82, 2.24) is 5.32 Å². The number of hydrogen-bond donors (Lipinski definition) is 2. The van der Waals surface area contributed by atoms with E-state index in [2.05, 4.69) is 5.32 Å². The highest BCUT2D eigenvalue weighted by atomic mass is 16.6. The van der Waals surface area contributed by atoms with Crippen molar-refractivity contribution in [3.05, 3.63) is 0 Å². The molecule has 0 saturated heterocycles. The molecule has 0 rings (SSSR count). The summed E-state index contributed by atoms with van der Waals surface area (Å²) in [6, 6.07) is 0. The first kappa shape index (κ1) is 18.5. The molecular weight excluding hydrogens is 186 g/mol. The highest BCUT2D eigenvalue weighted by Gasteiger charge is 2.14. The number of amides is 1. The van der Waals surface area contributed by atoms with E-state index in [9.17, 15) is 4.79 Å². The van der Waals surface area contributed by atoms with Crippen molar-refractivity contribution < 1.29 is 19.4 Å². The molecule has 0 unspecified atom stereocenters. The fourth-order valence-electron chi connectivity index (χ4n) is 0.459. The Labute approximate surface area is 85.5 Å². The Kier molecular flexibility index (Phi) is 13.0. The summed E-state index contributed by atoms with van der Waals surface area (Å²) in [6.07, 6.45) is -0.352. The number of carbonyl (C=O) groups excluding carboxylic acids is 1. The fraction of sp³-hybridized carbons (Fsp3) is 0.778. The molecule has 0 atom stereocenters. The van der Waals surface area contributed by atoms with Crippen molar-refractivity contribution in [2.75, 3.05) is 6.54 Å². The van der Waals surface area contributed by atoms with E-state index in [1.54, 1.807) is 0 Å². The predicted octanol–water partition coefficient (Wildman–Crippen LogP) is 1.87. The number of hydrogen-bond acceptors (Lipinski definition) is 3. The molecule has 86 valence electrons. The predicted molar refractivity (Wildman–Crippen MR) is 55.3 cm³/mol. The number of rotatable bonds is 1. The van der Waals surface area contributed by atoms with E-state index in [1.807, 2.05) is 27.7 Å². The zero-order valence-corrected chi connectivity index (χ0v) is 8.46. The van der Waals surface area contributed by atoms with Crippen molar-refractivity contribution in [3.63, 3.8) is 0 Å². The van der Waals surface area contributed by atoms with E-state index in [0.717, 1.165) is 0 Å². The largest absolute Gasteiger partial charge is 0.483 e. The average Bonchev–Trinajstić information content (AvgIpc) is 1.84. The molecule has 0 aliphatic carbocycles. The first-order valence-electron chi connectivity index (χ1n) is 3.92. The summed E-state index contributed by atoms with van der Waals surface area (Å²) in [5, 5.41) is 9.43. The lowest BCUT2D eigenvalue weighted by Crippen LogP contribution is -2.32. The molecule has 0 aliphatic rings. The van der Waals surface area contributed by atoms with Crippen LogP contribution in [-0.2, 0) is 9.53 Å². The molecule has 14 heavy (non-hydrogen) atoms. The van der Waals surface area contributed by atoms with Gasteiger partial charge in [-0.1, -0.05) is 7.43 Å². The van der Waals surface area contributed by atoms with Gasteiger partial charge in [0.2, 0.25) is 0 Å². The standard InChI is InChI=1S/C7H15NO2.CH2O2.CH4/c1-5-8-6(9)10-7(2,3)4;2-1-3;/h5H2,1-4H3,(H,8,9);1H,(H,2,3);1H4. The van der Waals surface area contributed by atoms with Crippen LogP contribution in [0.1, 0.15) is 35.1 Å². The minimum Gasteiger partial charge on any atom is -0.483 e. The molecule has 0 heterocycles. The van der Waals surface area contributed by atoms with Crippen LogP contribution in [0.3, 0.4) is 0 Å². The molecule has 0 saturated carbocycles. The molecule has 0 aliphatic heterocycles.